The van der Waals surface area contributed by atoms with Crippen LogP contribution in [0.25, 0.3) is 0 Å². The number of anilines is 2. The van der Waals surface area contributed by atoms with E-state index in [2.05, 4.69) is 24.5 Å². The van der Waals surface area contributed by atoms with Crippen molar-refractivity contribution >= 4 is 23.2 Å². The Bertz CT molecular complexity index is 862. The minimum absolute atomic E-state index is 0.195. The maximum atomic E-state index is 12.7. The van der Waals surface area contributed by atoms with Crippen LogP contribution in [0.4, 0.5) is 11.4 Å². The summed E-state index contributed by atoms with van der Waals surface area (Å²) in [5.41, 5.74) is 3.15. The number of ether oxygens (including phenoxy) is 2. The van der Waals surface area contributed by atoms with Gasteiger partial charge in [-0.05, 0) is 55.2 Å². The van der Waals surface area contributed by atoms with E-state index in [0.717, 1.165) is 11.1 Å². The molecule has 0 heterocycles. The molecule has 0 saturated heterocycles. The Morgan fingerprint density at radius 3 is 2.29 bits per heavy atom. The Labute approximate surface area is 166 Å². The fourth-order valence-corrected chi connectivity index (χ4v) is 2.79. The second-order valence-corrected chi connectivity index (χ2v) is 7.04. The quantitative estimate of drug-likeness (QED) is 0.737. The van der Waals surface area contributed by atoms with Gasteiger partial charge in [0.25, 0.3) is 5.91 Å². The Morgan fingerprint density at radius 1 is 0.964 bits per heavy atom. The molecule has 0 saturated carbocycles. The molecule has 0 aliphatic rings. The normalized spacial score (nSPS) is 11.7. The van der Waals surface area contributed by atoms with Gasteiger partial charge in [-0.25, -0.2) is 0 Å². The number of carbonyl (C=O) groups excluding carboxylic acids is 2. The molecule has 6 nitrogen and oxygen atoms in total. The van der Waals surface area contributed by atoms with Crippen molar-refractivity contribution in [2.75, 3.05) is 17.7 Å². The van der Waals surface area contributed by atoms with Gasteiger partial charge in [0.15, 0.2) is 6.10 Å². The molecule has 150 valence electrons. The molecule has 2 amide bonds. The summed E-state index contributed by atoms with van der Waals surface area (Å²) < 4.78 is 11.3. The van der Waals surface area contributed by atoms with Crippen LogP contribution in [0.1, 0.15) is 44.7 Å². The zero-order chi connectivity index (χ0) is 20.8. The van der Waals surface area contributed by atoms with Gasteiger partial charge in [-0.2, -0.15) is 0 Å². The van der Waals surface area contributed by atoms with E-state index in [1.807, 2.05) is 25.1 Å². The van der Waals surface area contributed by atoms with Gasteiger partial charge >= 0.3 is 0 Å². The Balaban J connectivity index is 2.19. The largest absolute Gasteiger partial charge is 0.495 e. The number of aryl methyl sites for hydroxylation is 1. The molecule has 6 heteroatoms. The molecule has 1 unspecified atom stereocenters. The van der Waals surface area contributed by atoms with E-state index in [0.29, 0.717) is 22.9 Å². The second-order valence-electron chi connectivity index (χ2n) is 7.04. The predicted octanol–water partition coefficient (Wildman–Crippen LogP) is 4.49. The van der Waals surface area contributed by atoms with E-state index < -0.39 is 6.10 Å². The van der Waals surface area contributed by atoms with Gasteiger partial charge in [-0.1, -0.05) is 26.0 Å². The molecule has 2 rings (SSSR count). The molecule has 2 aromatic carbocycles. The first kappa shape index (κ1) is 21.3. The lowest BCUT2D eigenvalue weighted by Crippen LogP contribution is -2.30. The minimum atomic E-state index is -0.714. The summed E-state index contributed by atoms with van der Waals surface area (Å²) in [6.45, 7) is 9.28. The van der Waals surface area contributed by atoms with Crippen LogP contribution >= 0.6 is 0 Å². The van der Waals surface area contributed by atoms with Crippen LogP contribution in [-0.2, 0) is 9.59 Å². The highest BCUT2D eigenvalue weighted by Gasteiger charge is 2.19. The molecule has 0 bridgehead atoms. The van der Waals surface area contributed by atoms with Crippen molar-refractivity contribution in [3.05, 3.63) is 47.5 Å². The van der Waals surface area contributed by atoms with E-state index in [9.17, 15) is 9.59 Å². The lowest BCUT2D eigenvalue weighted by atomic mass is 10.0. The summed E-state index contributed by atoms with van der Waals surface area (Å²) in [7, 11) is 1.52. The van der Waals surface area contributed by atoms with E-state index in [-0.39, 0.29) is 17.7 Å². The molecule has 0 aliphatic heterocycles. The SMILES string of the molecule is COc1ccc(NC(C)=O)cc1NC(=O)C(C)Oc1cc(C)ccc1C(C)C. The summed E-state index contributed by atoms with van der Waals surface area (Å²) in [5, 5.41) is 5.51. The van der Waals surface area contributed by atoms with Gasteiger partial charge < -0.3 is 20.1 Å². The number of hydrogen-bond donors (Lipinski definition) is 2. The van der Waals surface area contributed by atoms with Gasteiger partial charge in [0.05, 0.1) is 12.8 Å². The highest BCUT2D eigenvalue weighted by Crippen LogP contribution is 2.30. The van der Waals surface area contributed by atoms with E-state index in [1.165, 1.54) is 14.0 Å². The first-order valence-corrected chi connectivity index (χ1v) is 9.25. The Hall–Kier alpha value is -3.02. The molecule has 28 heavy (non-hydrogen) atoms. The maximum Gasteiger partial charge on any atom is 0.265 e. The van der Waals surface area contributed by atoms with E-state index in [4.69, 9.17) is 9.47 Å². The van der Waals surface area contributed by atoms with Crippen LogP contribution in [0.5, 0.6) is 11.5 Å². The van der Waals surface area contributed by atoms with Gasteiger partial charge in [-0.3, -0.25) is 9.59 Å². The van der Waals surface area contributed by atoms with Crippen LogP contribution in [0.2, 0.25) is 0 Å². The van der Waals surface area contributed by atoms with Gasteiger partial charge in [-0.15, -0.1) is 0 Å². The third-order valence-corrected chi connectivity index (χ3v) is 4.24. The first-order chi connectivity index (χ1) is 13.2. The molecule has 0 radical (unpaired) electrons. The second kappa shape index (κ2) is 9.26. The van der Waals surface area contributed by atoms with E-state index >= 15 is 0 Å². The maximum absolute atomic E-state index is 12.7. The molecular formula is C22H28N2O4. The molecule has 2 aromatic rings. The number of nitrogens with one attached hydrogen (secondary N) is 2. The topological polar surface area (TPSA) is 76.7 Å². The fraction of sp³-hybridized carbons (Fsp3) is 0.364. The van der Waals surface area contributed by atoms with Crippen molar-refractivity contribution < 1.29 is 19.1 Å². The number of amides is 2. The van der Waals surface area contributed by atoms with Crippen LogP contribution in [0.15, 0.2) is 36.4 Å². The number of methoxy groups -OCH3 is 1. The van der Waals surface area contributed by atoms with Crippen LogP contribution < -0.4 is 20.1 Å². The number of rotatable bonds is 7. The van der Waals surface area contributed by atoms with Gasteiger partial charge in [0.1, 0.15) is 11.5 Å². The molecular weight excluding hydrogens is 356 g/mol. The first-order valence-electron chi connectivity index (χ1n) is 9.25. The summed E-state index contributed by atoms with van der Waals surface area (Å²) in [4.78, 5) is 24.0. The minimum Gasteiger partial charge on any atom is -0.495 e. The average molecular weight is 384 g/mol. The summed E-state index contributed by atoms with van der Waals surface area (Å²) in [5.74, 6) is 0.972. The summed E-state index contributed by atoms with van der Waals surface area (Å²) in [6.07, 6.45) is -0.714. The molecule has 0 aliphatic carbocycles. The van der Waals surface area contributed by atoms with Crippen LogP contribution in [0, 0.1) is 6.92 Å². The van der Waals surface area contributed by atoms with Crippen molar-refractivity contribution in [1.82, 2.24) is 0 Å². The lowest BCUT2D eigenvalue weighted by molar-refractivity contribution is -0.122. The highest BCUT2D eigenvalue weighted by molar-refractivity contribution is 5.97. The van der Waals surface area contributed by atoms with Crippen molar-refractivity contribution in [1.29, 1.82) is 0 Å². The molecule has 0 aromatic heterocycles. The van der Waals surface area contributed by atoms with Crippen molar-refractivity contribution in [2.24, 2.45) is 0 Å². The standard InChI is InChI=1S/C22H28N2O4/c1-13(2)18-9-7-14(3)11-21(18)28-15(4)22(26)24-19-12-17(23-16(5)25)8-10-20(19)27-6/h7-13,15H,1-6H3,(H,23,25)(H,24,26). The number of benzene rings is 2. The third kappa shape index (κ3) is 5.49. The van der Waals surface area contributed by atoms with Gasteiger partial charge in [0.2, 0.25) is 5.91 Å². The zero-order valence-electron chi connectivity index (χ0n) is 17.3. The highest BCUT2D eigenvalue weighted by atomic mass is 16.5. The summed E-state index contributed by atoms with van der Waals surface area (Å²) in [6, 6.07) is 11.0. The monoisotopic (exact) mass is 384 g/mol. The smallest absolute Gasteiger partial charge is 0.265 e. The van der Waals surface area contributed by atoms with Crippen molar-refractivity contribution in [3.8, 4) is 11.5 Å². The molecule has 0 fully saturated rings. The molecule has 2 N–H and O–H groups in total. The van der Waals surface area contributed by atoms with Crippen LogP contribution in [-0.4, -0.2) is 25.0 Å². The van der Waals surface area contributed by atoms with Crippen molar-refractivity contribution in [2.45, 2.75) is 46.6 Å². The average Bonchev–Trinajstić information content (AvgIpc) is 2.61. The Morgan fingerprint density at radius 2 is 1.68 bits per heavy atom. The molecule has 1 atom stereocenters. The summed E-state index contributed by atoms with van der Waals surface area (Å²) >= 11 is 0. The molecule has 0 spiro atoms. The Kier molecular flexibility index (Phi) is 7.04. The zero-order valence-corrected chi connectivity index (χ0v) is 17.3. The number of hydrogen-bond acceptors (Lipinski definition) is 4. The fourth-order valence-electron chi connectivity index (χ4n) is 2.79. The third-order valence-electron chi connectivity index (χ3n) is 4.24. The van der Waals surface area contributed by atoms with Crippen LogP contribution in [0.3, 0.4) is 0 Å². The number of carbonyl (C=O) groups is 2. The lowest BCUT2D eigenvalue weighted by Gasteiger charge is -2.20. The predicted molar refractivity (Wildman–Crippen MR) is 111 cm³/mol. The van der Waals surface area contributed by atoms with E-state index in [1.54, 1.807) is 25.1 Å². The van der Waals surface area contributed by atoms with Crippen molar-refractivity contribution in [3.63, 3.8) is 0 Å². The van der Waals surface area contributed by atoms with Gasteiger partial charge in [0, 0.05) is 12.6 Å².